The zero-order valence-corrected chi connectivity index (χ0v) is 12.7. The number of hydrogen-bond donors (Lipinski definition) is 1. The first-order valence-electron chi connectivity index (χ1n) is 6.00. The third-order valence-corrected chi connectivity index (χ3v) is 3.05. The summed E-state index contributed by atoms with van der Waals surface area (Å²) in [7, 11) is 1.25. The van der Waals surface area contributed by atoms with E-state index in [1.807, 2.05) is 18.2 Å². The maximum absolute atomic E-state index is 11.9. The molecule has 0 aliphatic carbocycles. The summed E-state index contributed by atoms with van der Waals surface area (Å²) in [5, 5.41) is 2.48. The largest absolute Gasteiger partial charge is 0.464 e. The highest BCUT2D eigenvalue weighted by molar-refractivity contribution is 9.10. The predicted octanol–water partition coefficient (Wildman–Crippen LogP) is 2.99. The van der Waals surface area contributed by atoms with Crippen molar-refractivity contribution in [1.82, 2.24) is 5.32 Å². The fourth-order valence-corrected chi connectivity index (χ4v) is 2.03. The number of nitrogens with one attached hydrogen (secondary N) is 1. The van der Waals surface area contributed by atoms with Gasteiger partial charge in [0.2, 0.25) is 0 Å². The summed E-state index contributed by atoms with van der Waals surface area (Å²) in [6.07, 6.45) is 2.90. The minimum Gasteiger partial charge on any atom is -0.464 e. The minimum absolute atomic E-state index is 0.0250. The zero-order valence-electron chi connectivity index (χ0n) is 11.1. The second kappa shape index (κ2) is 6.90. The van der Waals surface area contributed by atoms with Crippen LogP contribution in [0.3, 0.4) is 0 Å². The second-order valence-electron chi connectivity index (χ2n) is 4.04. The first kappa shape index (κ1) is 15.1. The quantitative estimate of drug-likeness (QED) is 0.680. The van der Waals surface area contributed by atoms with Gasteiger partial charge < -0.3 is 14.5 Å². The van der Waals surface area contributed by atoms with E-state index in [4.69, 9.17) is 4.42 Å². The van der Waals surface area contributed by atoms with Crippen LogP contribution in [-0.2, 0) is 9.53 Å². The average Bonchev–Trinajstić information content (AvgIpc) is 3.00. The number of esters is 1. The van der Waals surface area contributed by atoms with Gasteiger partial charge in [0.15, 0.2) is 5.76 Å². The third kappa shape index (κ3) is 4.06. The van der Waals surface area contributed by atoms with Crippen molar-refractivity contribution in [3.05, 3.63) is 64.2 Å². The fraction of sp³-hybridized carbons (Fsp3) is 0.0667. The summed E-state index contributed by atoms with van der Waals surface area (Å²) in [6, 6.07) is 10.4. The molecule has 0 saturated carbocycles. The lowest BCUT2D eigenvalue weighted by atomic mass is 10.2. The molecule has 1 heterocycles. The number of carbonyl (C=O) groups is 2. The molecule has 0 aliphatic heterocycles. The standard InChI is InChI=1S/C15H12BrNO4/c1-20-15(19)12(9-10-4-2-5-11(16)8-10)17-14(18)13-6-3-7-21-13/h2-9H,1H3,(H,17,18). The summed E-state index contributed by atoms with van der Waals surface area (Å²) >= 11 is 3.34. The number of ether oxygens (including phenoxy) is 1. The van der Waals surface area contributed by atoms with Crippen LogP contribution >= 0.6 is 15.9 Å². The van der Waals surface area contributed by atoms with Gasteiger partial charge in [-0.1, -0.05) is 28.1 Å². The molecule has 21 heavy (non-hydrogen) atoms. The molecule has 5 nitrogen and oxygen atoms in total. The highest BCUT2D eigenvalue weighted by atomic mass is 79.9. The molecule has 2 rings (SSSR count). The number of methoxy groups -OCH3 is 1. The molecule has 0 fully saturated rings. The number of hydrogen-bond acceptors (Lipinski definition) is 4. The van der Waals surface area contributed by atoms with Crippen LogP contribution < -0.4 is 5.32 Å². The summed E-state index contributed by atoms with van der Waals surface area (Å²) in [4.78, 5) is 23.7. The number of benzene rings is 1. The highest BCUT2D eigenvalue weighted by Gasteiger charge is 2.16. The van der Waals surface area contributed by atoms with Gasteiger partial charge in [-0.05, 0) is 35.9 Å². The van der Waals surface area contributed by atoms with E-state index < -0.39 is 11.9 Å². The third-order valence-electron chi connectivity index (χ3n) is 2.56. The lowest BCUT2D eigenvalue weighted by molar-refractivity contribution is -0.136. The maximum atomic E-state index is 11.9. The van der Waals surface area contributed by atoms with Crippen LogP contribution in [0.15, 0.2) is 57.2 Å². The smallest absolute Gasteiger partial charge is 0.354 e. The molecule has 108 valence electrons. The van der Waals surface area contributed by atoms with E-state index in [2.05, 4.69) is 26.0 Å². The predicted molar refractivity (Wildman–Crippen MR) is 80.3 cm³/mol. The average molecular weight is 350 g/mol. The molecule has 0 saturated heterocycles. The van der Waals surface area contributed by atoms with Gasteiger partial charge in [0.25, 0.3) is 5.91 Å². The summed E-state index contributed by atoms with van der Waals surface area (Å²) in [6.45, 7) is 0. The van der Waals surface area contributed by atoms with Gasteiger partial charge >= 0.3 is 5.97 Å². The van der Waals surface area contributed by atoms with Crippen molar-refractivity contribution in [2.24, 2.45) is 0 Å². The molecular weight excluding hydrogens is 338 g/mol. The number of rotatable bonds is 4. The van der Waals surface area contributed by atoms with Crippen LogP contribution in [0.4, 0.5) is 0 Å². The van der Waals surface area contributed by atoms with Gasteiger partial charge in [0, 0.05) is 4.47 Å². The van der Waals surface area contributed by atoms with E-state index in [1.165, 1.54) is 25.5 Å². The van der Waals surface area contributed by atoms with E-state index in [9.17, 15) is 9.59 Å². The molecule has 1 aromatic heterocycles. The van der Waals surface area contributed by atoms with Crippen LogP contribution in [-0.4, -0.2) is 19.0 Å². The van der Waals surface area contributed by atoms with Crippen molar-refractivity contribution in [2.45, 2.75) is 0 Å². The molecule has 0 aliphatic rings. The van der Waals surface area contributed by atoms with Crippen LogP contribution in [0.5, 0.6) is 0 Å². The van der Waals surface area contributed by atoms with E-state index in [1.54, 1.807) is 12.1 Å². The Bertz CT molecular complexity index is 677. The van der Waals surface area contributed by atoms with Crippen molar-refractivity contribution in [3.8, 4) is 0 Å². The first-order valence-corrected chi connectivity index (χ1v) is 6.80. The summed E-state index contributed by atoms with van der Waals surface area (Å²) in [5.74, 6) is -1.06. The van der Waals surface area contributed by atoms with Crippen molar-refractivity contribution >= 4 is 33.9 Å². The number of carbonyl (C=O) groups excluding carboxylic acids is 2. The van der Waals surface area contributed by atoms with Gasteiger partial charge in [0.1, 0.15) is 5.70 Å². The minimum atomic E-state index is -0.644. The lowest BCUT2D eigenvalue weighted by Gasteiger charge is -2.07. The van der Waals surface area contributed by atoms with Crippen LogP contribution in [0.25, 0.3) is 6.08 Å². The Hall–Kier alpha value is -2.34. The van der Waals surface area contributed by atoms with Crippen molar-refractivity contribution in [1.29, 1.82) is 0 Å². The van der Waals surface area contributed by atoms with E-state index in [-0.39, 0.29) is 11.5 Å². The number of amides is 1. The molecule has 1 amide bonds. The lowest BCUT2D eigenvalue weighted by Crippen LogP contribution is -2.27. The molecule has 0 bridgehead atoms. The van der Waals surface area contributed by atoms with Crippen molar-refractivity contribution < 1.29 is 18.7 Å². The van der Waals surface area contributed by atoms with Gasteiger partial charge in [-0.15, -0.1) is 0 Å². The van der Waals surface area contributed by atoms with Crippen molar-refractivity contribution in [2.75, 3.05) is 7.11 Å². The molecule has 0 unspecified atom stereocenters. The van der Waals surface area contributed by atoms with Gasteiger partial charge in [-0.2, -0.15) is 0 Å². The van der Waals surface area contributed by atoms with E-state index in [0.29, 0.717) is 0 Å². The van der Waals surface area contributed by atoms with Crippen LogP contribution in [0.1, 0.15) is 16.1 Å². The van der Waals surface area contributed by atoms with Gasteiger partial charge in [-0.25, -0.2) is 4.79 Å². The van der Waals surface area contributed by atoms with Crippen LogP contribution in [0.2, 0.25) is 0 Å². The topological polar surface area (TPSA) is 68.5 Å². The Morgan fingerprint density at radius 2 is 2.10 bits per heavy atom. The highest BCUT2D eigenvalue weighted by Crippen LogP contribution is 2.14. The second-order valence-corrected chi connectivity index (χ2v) is 4.95. The zero-order chi connectivity index (χ0) is 15.2. The van der Waals surface area contributed by atoms with Crippen LogP contribution in [0, 0.1) is 0 Å². The molecule has 0 spiro atoms. The Morgan fingerprint density at radius 3 is 2.71 bits per heavy atom. The maximum Gasteiger partial charge on any atom is 0.354 e. The molecule has 6 heteroatoms. The van der Waals surface area contributed by atoms with E-state index in [0.717, 1.165) is 10.0 Å². The number of halogens is 1. The normalized spacial score (nSPS) is 11.0. The Morgan fingerprint density at radius 1 is 1.29 bits per heavy atom. The SMILES string of the molecule is COC(=O)C(=Cc1cccc(Br)c1)NC(=O)c1ccco1. The molecule has 1 aromatic carbocycles. The molecule has 2 aromatic rings. The monoisotopic (exact) mass is 349 g/mol. The van der Waals surface area contributed by atoms with E-state index >= 15 is 0 Å². The molecule has 0 atom stereocenters. The molecular formula is C15H12BrNO4. The summed E-state index contributed by atoms with van der Waals surface area (Å²) in [5.41, 5.74) is 0.765. The molecule has 1 N–H and O–H groups in total. The van der Waals surface area contributed by atoms with Gasteiger partial charge in [0.05, 0.1) is 13.4 Å². The first-order chi connectivity index (χ1) is 10.1. The Balaban J connectivity index is 2.26. The summed E-state index contributed by atoms with van der Waals surface area (Å²) < 4.78 is 10.5. The number of furan rings is 1. The molecule has 0 radical (unpaired) electrons. The van der Waals surface area contributed by atoms with Crippen molar-refractivity contribution in [3.63, 3.8) is 0 Å². The fourth-order valence-electron chi connectivity index (χ4n) is 1.61. The Kier molecular flexibility index (Phi) is 4.94. The Labute approximate surface area is 129 Å². The van der Waals surface area contributed by atoms with Gasteiger partial charge in [-0.3, -0.25) is 4.79 Å².